The van der Waals surface area contributed by atoms with E-state index in [-0.39, 0.29) is 11.4 Å². The van der Waals surface area contributed by atoms with Gasteiger partial charge in [0.05, 0.1) is 0 Å². The van der Waals surface area contributed by atoms with E-state index in [1.165, 1.54) is 6.92 Å². The number of nitrogens with one attached hydrogen (secondary N) is 1. The summed E-state index contributed by atoms with van der Waals surface area (Å²) >= 11 is 2.71. The second kappa shape index (κ2) is 4.91. The fraction of sp³-hybridized carbons (Fsp3) is 0.500. The van der Waals surface area contributed by atoms with E-state index < -0.39 is 0 Å². The molecule has 0 atom stereocenters. The van der Waals surface area contributed by atoms with Crippen LogP contribution in [-0.4, -0.2) is 11.4 Å². The lowest BCUT2D eigenvalue weighted by Crippen LogP contribution is -2.03. The molecule has 0 heterocycles. The molecular formula is C2H6BrNO2. The van der Waals surface area contributed by atoms with Crippen molar-refractivity contribution >= 4 is 22.1 Å². The fourth-order valence-electron chi connectivity index (χ4n) is 0. The molecule has 0 spiro atoms. The summed E-state index contributed by atoms with van der Waals surface area (Å²) in [6, 6.07) is 0. The maximum absolute atomic E-state index is 9.65. The molecule has 0 aliphatic carbocycles. The average molecular weight is 156 g/mol. The van der Waals surface area contributed by atoms with Gasteiger partial charge in [0.2, 0.25) is 5.91 Å². The third kappa shape index (κ3) is 9.08. The van der Waals surface area contributed by atoms with Crippen LogP contribution in [0.2, 0.25) is 0 Å². The number of rotatable bonds is 0. The predicted octanol–water partition coefficient (Wildman–Crippen LogP) is -0.392. The molecule has 0 aromatic rings. The molecule has 0 saturated heterocycles. The van der Waals surface area contributed by atoms with Crippen LogP contribution in [0.3, 0.4) is 0 Å². The van der Waals surface area contributed by atoms with Gasteiger partial charge in [-0.25, -0.2) is 0 Å². The van der Waals surface area contributed by atoms with Crippen LogP contribution < -0.4 is 4.34 Å². The molecule has 0 unspecified atom stereocenters. The van der Waals surface area contributed by atoms with Gasteiger partial charge in [-0.2, -0.15) is 0 Å². The lowest BCUT2D eigenvalue weighted by molar-refractivity contribution is -0.116. The van der Waals surface area contributed by atoms with Gasteiger partial charge in [-0.3, -0.25) is 9.14 Å². The number of halogens is 1. The highest BCUT2D eigenvalue weighted by molar-refractivity contribution is 9.08. The number of carbonyl (C=O) groups is 1. The molecule has 0 aromatic heterocycles. The molecule has 0 rings (SSSR count). The summed E-state index contributed by atoms with van der Waals surface area (Å²) in [5, 5.41) is 0. The lowest BCUT2D eigenvalue weighted by atomic mass is 10.8. The monoisotopic (exact) mass is 155 g/mol. The van der Waals surface area contributed by atoms with E-state index in [1.807, 2.05) is 0 Å². The zero-order chi connectivity index (χ0) is 4.28. The zero-order valence-electron chi connectivity index (χ0n) is 3.29. The van der Waals surface area contributed by atoms with Crippen molar-refractivity contribution in [1.29, 1.82) is 0 Å². The first-order valence-corrected chi connectivity index (χ1v) is 1.94. The van der Waals surface area contributed by atoms with Crippen molar-refractivity contribution in [3.8, 4) is 0 Å². The molecule has 1 amide bonds. The Bertz CT molecular complexity index is 46.8. The topological polar surface area (TPSA) is 60.6 Å². The van der Waals surface area contributed by atoms with Gasteiger partial charge in [-0.15, -0.1) is 0 Å². The van der Waals surface area contributed by atoms with Crippen molar-refractivity contribution in [3.63, 3.8) is 0 Å². The van der Waals surface area contributed by atoms with E-state index >= 15 is 0 Å². The molecule has 0 saturated carbocycles. The van der Waals surface area contributed by atoms with Crippen molar-refractivity contribution in [1.82, 2.24) is 4.34 Å². The summed E-state index contributed by atoms with van der Waals surface area (Å²) in [6.07, 6.45) is 0. The Balaban J connectivity index is 0. The van der Waals surface area contributed by atoms with Crippen LogP contribution in [0, 0.1) is 0 Å². The molecule has 0 aliphatic heterocycles. The number of hydrogen-bond donors (Lipinski definition) is 1. The van der Waals surface area contributed by atoms with Gasteiger partial charge in [0.25, 0.3) is 0 Å². The highest BCUT2D eigenvalue weighted by Gasteiger charge is 1.75. The number of amides is 1. The third-order valence-corrected chi connectivity index (χ3v) is 0.691. The van der Waals surface area contributed by atoms with Crippen molar-refractivity contribution in [3.05, 3.63) is 0 Å². The molecular weight excluding hydrogens is 150 g/mol. The fourth-order valence-corrected chi connectivity index (χ4v) is 0. The number of carbonyl (C=O) groups excluding carboxylic acids is 1. The second-order valence-corrected chi connectivity index (χ2v) is 1.05. The van der Waals surface area contributed by atoms with Crippen molar-refractivity contribution in [2.75, 3.05) is 0 Å². The summed E-state index contributed by atoms with van der Waals surface area (Å²) in [4.78, 5) is 9.65. The normalized spacial score (nSPS) is 5.67. The minimum atomic E-state index is -0.0787. The Morgan fingerprint density at radius 2 is 2.00 bits per heavy atom. The summed E-state index contributed by atoms with van der Waals surface area (Å²) in [5.74, 6) is -0.0787. The van der Waals surface area contributed by atoms with Gasteiger partial charge in [0, 0.05) is 23.1 Å². The first-order chi connectivity index (χ1) is 2.27. The van der Waals surface area contributed by atoms with E-state index in [9.17, 15) is 4.79 Å². The standard InChI is InChI=1S/C2H4BrNO.H2O/c1-2(5)4-3;/h1H3,(H,4,5);1H2. The highest BCUT2D eigenvalue weighted by Crippen LogP contribution is 1.63. The van der Waals surface area contributed by atoms with E-state index in [2.05, 4.69) is 20.5 Å². The molecule has 0 radical (unpaired) electrons. The maximum Gasteiger partial charge on any atom is 0.226 e. The number of hydrogen-bond acceptors (Lipinski definition) is 1. The Labute approximate surface area is 44.4 Å². The van der Waals surface area contributed by atoms with Crippen LogP contribution in [0.4, 0.5) is 0 Å². The van der Waals surface area contributed by atoms with Crippen LogP contribution in [0.5, 0.6) is 0 Å². The van der Waals surface area contributed by atoms with Crippen LogP contribution in [0.25, 0.3) is 0 Å². The first kappa shape index (κ1) is 9.32. The average Bonchev–Trinajstić information content (AvgIpc) is 1.38. The van der Waals surface area contributed by atoms with Gasteiger partial charge >= 0.3 is 0 Å². The zero-order valence-corrected chi connectivity index (χ0v) is 4.87. The van der Waals surface area contributed by atoms with Gasteiger partial charge in [-0.05, 0) is 0 Å². The van der Waals surface area contributed by atoms with Crippen molar-refractivity contribution in [2.45, 2.75) is 6.92 Å². The smallest absolute Gasteiger partial charge is 0.226 e. The largest absolute Gasteiger partial charge is 0.412 e. The minimum Gasteiger partial charge on any atom is -0.412 e. The molecule has 0 fully saturated rings. The van der Waals surface area contributed by atoms with Crippen molar-refractivity contribution < 1.29 is 10.3 Å². The van der Waals surface area contributed by atoms with E-state index in [0.29, 0.717) is 0 Å². The SMILES string of the molecule is CC(=O)NBr.O. The summed E-state index contributed by atoms with van der Waals surface area (Å²) in [5.41, 5.74) is 0. The van der Waals surface area contributed by atoms with Crippen LogP contribution in [0.1, 0.15) is 6.92 Å². The summed E-state index contributed by atoms with van der Waals surface area (Å²) in [7, 11) is 0. The molecule has 0 bridgehead atoms. The van der Waals surface area contributed by atoms with E-state index in [0.717, 1.165) is 0 Å². The Morgan fingerprint density at radius 3 is 2.00 bits per heavy atom. The molecule has 6 heavy (non-hydrogen) atoms. The third-order valence-electron chi connectivity index (χ3n) is 0.133. The van der Waals surface area contributed by atoms with Gasteiger partial charge < -0.3 is 5.48 Å². The van der Waals surface area contributed by atoms with Crippen molar-refractivity contribution in [2.24, 2.45) is 0 Å². The van der Waals surface area contributed by atoms with Gasteiger partial charge in [0.1, 0.15) is 0 Å². The highest BCUT2D eigenvalue weighted by atomic mass is 79.9. The quantitative estimate of drug-likeness (QED) is 0.477. The van der Waals surface area contributed by atoms with E-state index in [4.69, 9.17) is 0 Å². The van der Waals surface area contributed by atoms with E-state index in [1.54, 1.807) is 0 Å². The molecule has 0 aromatic carbocycles. The Kier molecular flexibility index (Phi) is 7.63. The summed E-state index contributed by atoms with van der Waals surface area (Å²) in [6.45, 7) is 1.43. The Morgan fingerprint density at radius 1 is 1.83 bits per heavy atom. The maximum atomic E-state index is 9.65. The molecule has 3 nitrogen and oxygen atoms in total. The van der Waals surface area contributed by atoms with Gasteiger partial charge in [0.15, 0.2) is 0 Å². The summed E-state index contributed by atoms with van der Waals surface area (Å²) < 4.78 is 2.20. The Hall–Kier alpha value is -0.0900. The first-order valence-electron chi connectivity index (χ1n) is 1.14. The predicted molar refractivity (Wildman–Crippen MR) is 26.4 cm³/mol. The molecule has 38 valence electrons. The minimum absolute atomic E-state index is 0. The van der Waals surface area contributed by atoms with Crippen LogP contribution >= 0.6 is 16.1 Å². The lowest BCUT2D eigenvalue weighted by Gasteiger charge is -1.76. The molecule has 3 N–H and O–H groups in total. The molecule has 4 heteroatoms. The van der Waals surface area contributed by atoms with Crippen LogP contribution in [0.15, 0.2) is 0 Å². The van der Waals surface area contributed by atoms with Crippen LogP contribution in [-0.2, 0) is 4.79 Å². The van der Waals surface area contributed by atoms with Gasteiger partial charge in [-0.1, -0.05) is 0 Å². The molecule has 0 aliphatic rings. The second-order valence-electron chi connectivity index (χ2n) is 0.651.